The number of rotatable bonds is 9. The van der Waals surface area contributed by atoms with Crippen molar-refractivity contribution in [2.45, 2.75) is 38.9 Å². The molecular weight excluding hydrogens is 502 g/mol. The molecule has 11 heteroatoms. The molecule has 0 fully saturated rings. The Labute approximate surface area is 225 Å². The summed E-state index contributed by atoms with van der Waals surface area (Å²) in [7, 11) is 1.37. The van der Waals surface area contributed by atoms with E-state index in [9.17, 15) is 24.3 Å². The van der Waals surface area contributed by atoms with Crippen LogP contribution in [-0.4, -0.2) is 47.3 Å². The Morgan fingerprint density at radius 3 is 2.31 bits per heavy atom. The van der Waals surface area contributed by atoms with E-state index in [2.05, 4.69) is 15.6 Å². The van der Waals surface area contributed by atoms with Gasteiger partial charge >= 0.3 is 5.97 Å². The van der Waals surface area contributed by atoms with Crippen molar-refractivity contribution in [3.63, 3.8) is 0 Å². The smallest absolute Gasteiger partial charge is 0.332 e. The molecule has 7 N–H and O–H groups in total. The molecule has 2 aromatic rings. The molecular formula is C28H31N5O6. The van der Waals surface area contributed by atoms with Gasteiger partial charge in [-0.1, -0.05) is 39.0 Å². The Morgan fingerprint density at radius 2 is 1.79 bits per heavy atom. The van der Waals surface area contributed by atoms with E-state index in [-0.39, 0.29) is 34.0 Å². The third kappa shape index (κ3) is 6.66. The third-order valence-corrected chi connectivity index (χ3v) is 6.19. The molecule has 0 saturated heterocycles. The van der Waals surface area contributed by atoms with Crippen LogP contribution in [0.4, 0.5) is 5.69 Å². The number of pyridine rings is 1. The van der Waals surface area contributed by atoms with Crippen molar-refractivity contribution in [3.8, 4) is 5.88 Å². The number of ether oxygens (including phenoxy) is 1. The van der Waals surface area contributed by atoms with E-state index in [4.69, 9.17) is 16.2 Å². The minimum atomic E-state index is -1.32. The van der Waals surface area contributed by atoms with Gasteiger partial charge in [0.05, 0.1) is 36.4 Å². The second-order valence-corrected chi connectivity index (χ2v) is 10.0. The fourth-order valence-corrected chi connectivity index (χ4v) is 4.00. The van der Waals surface area contributed by atoms with E-state index in [1.54, 1.807) is 30.2 Å². The Kier molecular flexibility index (Phi) is 8.82. The summed E-state index contributed by atoms with van der Waals surface area (Å²) in [6, 6.07) is 8.81. The monoisotopic (exact) mass is 533 g/mol. The predicted molar refractivity (Wildman–Crippen MR) is 144 cm³/mol. The minimum absolute atomic E-state index is 0.0572. The topological polar surface area (TPSA) is 187 Å². The van der Waals surface area contributed by atoms with Gasteiger partial charge in [-0.05, 0) is 40.8 Å². The molecule has 1 heterocycles. The van der Waals surface area contributed by atoms with Crippen molar-refractivity contribution >= 4 is 29.8 Å². The highest BCUT2D eigenvalue weighted by Crippen LogP contribution is 2.38. The quantitative estimate of drug-likeness (QED) is 0.182. The molecule has 0 saturated carbocycles. The number of nitrogens with one attached hydrogen (secondary N) is 2. The van der Waals surface area contributed by atoms with Crippen LogP contribution < -0.4 is 26.8 Å². The molecule has 1 aliphatic carbocycles. The summed E-state index contributed by atoms with van der Waals surface area (Å²) in [6.07, 6.45) is 2.78. The fourth-order valence-electron chi connectivity index (χ4n) is 4.00. The van der Waals surface area contributed by atoms with Gasteiger partial charge in [0, 0.05) is 17.5 Å². The van der Waals surface area contributed by atoms with E-state index < -0.39 is 35.4 Å². The van der Waals surface area contributed by atoms with Crippen LogP contribution in [0.3, 0.4) is 0 Å². The van der Waals surface area contributed by atoms with Gasteiger partial charge in [0.2, 0.25) is 5.88 Å². The summed E-state index contributed by atoms with van der Waals surface area (Å²) >= 11 is 0. The number of aldehydes is 1. The van der Waals surface area contributed by atoms with Crippen LogP contribution in [0.15, 0.2) is 65.4 Å². The summed E-state index contributed by atoms with van der Waals surface area (Å²) < 4.78 is 5.18. The van der Waals surface area contributed by atoms with Gasteiger partial charge in [0.15, 0.2) is 0 Å². The summed E-state index contributed by atoms with van der Waals surface area (Å²) in [4.78, 5) is 53.8. The number of anilines is 1. The SMILES string of the molecule is COc1ccc(C2C(=C=O)C=C(NC(C=O)C(C)(C)C)C=C2C(=O)O)c(C(=O)Nc2ccc(C(N)N)cc2)n1. The van der Waals surface area contributed by atoms with Gasteiger partial charge in [-0.2, -0.15) is 0 Å². The maximum Gasteiger partial charge on any atom is 0.332 e. The van der Waals surface area contributed by atoms with E-state index >= 15 is 0 Å². The largest absolute Gasteiger partial charge is 0.481 e. The molecule has 2 atom stereocenters. The Hall–Kier alpha value is -4.57. The first-order valence-electron chi connectivity index (χ1n) is 12.0. The number of aliphatic carboxylic acids is 1. The fraction of sp³-hybridized carbons (Fsp3) is 0.286. The van der Waals surface area contributed by atoms with Crippen LogP contribution in [-0.2, 0) is 14.4 Å². The van der Waals surface area contributed by atoms with E-state index in [1.165, 1.54) is 31.4 Å². The molecule has 39 heavy (non-hydrogen) atoms. The summed E-state index contributed by atoms with van der Waals surface area (Å²) in [5, 5.41) is 15.8. The maximum absolute atomic E-state index is 13.4. The average Bonchev–Trinajstić information content (AvgIpc) is 2.90. The molecule has 1 aliphatic rings. The van der Waals surface area contributed by atoms with Gasteiger partial charge in [0.1, 0.15) is 17.9 Å². The molecule has 1 aromatic carbocycles. The van der Waals surface area contributed by atoms with Crippen LogP contribution in [0, 0.1) is 5.41 Å². The Morgan fingerprint density at radius 1 is 1.13 bits per heavy atom. The van der Waals surface area contributed by atoms with Gasteiger partial charge in [-0.3, -0.25) is 4.79 Å². The molecule has 204 valence electrons. The predicted octanol–water partition coefficient (Wildman–Crippen LogP) is 2.21. The zero-order valence-corrected chi connectivity index (χ0v) is 22.0. The van der Waals surface area contributed by atoms with Gasteiger partial charge in [0.25, 0.3) is 5.91 Å². The first kappa shape index (κ1) is 29.0. The van der Waals surface area contributed by atoms with Crippen LogP contribution >= 0.6 is 0 Å². The number of carbonyl (C=O) groups is 3. The lowest BCUT2D eigenvalue weighted by atomic mass is 9.80. The number of carboxylic acids is 1. The zero-order chi connectivity index (χ0) is 28.9. The number of benzene rings is 1. The first-order chi connectivity index (χ1) is 18.4. The highest BCUT2D eigenvalue weighted by Gasteiger charge is 2.35. The minimum Gasteiger partial charge on any atom is -0.481 e. The Balaban J connectivity index is 2.07. The zero-order valence-electron chi connectivity index (χ0n) is 22.0. The number of carbonyl (C=O) groups excluding carboxylic acids is 3. The van der Waals surface area contributed by atoms with Crippen LogP contribution in [0.2, 0.25) is 0 Å². The van der Waals surface area contributed by atoms with Crippen molar-refractivity contribution in [3.05, 3.63) is 82.2 Å². The number of nitrogens with zero attached hydrogens (tertiary/aromatic N) is 1. The molecule has 1 amide bonds. The molecule has 1 aromatic heterocycles. The van der Waals surface area contributed by atoms with Crippen molar-refractivity contribution in [2.24, 2.45) is 16.9 Å². The number of allylic oxidation sites excluding steroid dienone is 3. The van der Waals surface area contributed by atoms with E-state index in [0.29, 0.717) is 11.3 Å². The second kappa shape index (κ2) is 11.9. The van der Waals surface area contributed by atoms with Crippen molar-refractivity contribution < 1.29 is 29.0 Å². The number of carboxylic acid groups (broad SMARTS) is 1. The lowest BCUT2D eigenvalue weighted by molar-refractivity contribution is -0.132. The molecule has 0 radical (unpaired) electrons. The number of aromatic nitrogens is 1. The lowest BCUT2D eigenvalue weighted by Crippen LogP contribution is -2.41. The summed E-state index contributed by atoms with van der Waals surface area (Å²) in [5.41, 5.74) is 11.9. The van der Waals surface area contributed by atoms with Crippen molar-refractivity contribution in [2.75, 3.05) is 12.4 Å². The Bertz CT molecular complexity index is 1380. The molecule has 3 rings (SSSR count). The summed E-state index contributed by atoms with van der Waals surface area (Å²) in [6.45, 7) is 5.53. The summed E-state index contributed by atoms with van der Waals surface area (Å²) in [5.74, 6) is -1.25. The van der Waals surface area contributed by atoms with Crippen LogP contribution in [0.1, 0.15) is 54.5 Å². The lowest BCUT2D eigenvalue weighted by Gasteiger charge is -2.30. The van der Waals surface area contributed by atoms with Crippen LogP contribution in [0.5, 0.6) is 5.88 Å². The number of methoxy groups -OCH3 is 1. The number of amides is 1. The maximum atomic E-state index is 13.4. The van der Waals surface area contributed by atoms with Crippen LogP contribution in [0.25, 0.3) is 0 Å². The highest BCUT2D eigenvalue weighted by atomic mass is 16.5. The number of nitrogens with two attached hydrogens (primary N) is 2. The van der Waals surface area contributed by atoms with E-state index in [0.717, 1.165) is 6.29 Å². The number of hydrogen-bond donors (Lipinski definition) is 5. The molecule has 2 unspecified atom stereocenters. The first-order valence-corrected chi connectivity index (χ1v) is 12.0. The molecule has 0 aliphatic heterocycles. The third-order valence-electron chi connectivity index (χ3n) is 6.19. The van der Waals surface area contributed by atoms with Gasteiger partial charge in [-0.15, -0.1) is 0 Å². The molecule has 11 nitrogen and oxygen atoms in total. The van der Waals surface area contributed by atoms with E-state index in [1.807, 2.05) is 20.8 Å². The van der Waals surface area contributed by atoms with Gasteiger partial charge < -0.3 is 36.7 Å². The second-order valence-electron chi connectivity index (χ2n) is 10.0. The van der Waals surface area contributed by atoms with Crippen molar-refractivity contribution in [1.82, 2.24) is 10.3 Å². The standard InChI is InChI=1S/C28H31N5O6/c1-28(2,3)21(14-35)31-18-11-16(13-34)23(20(12-18)27(37)38)19-9-10-22(39-4)33-24(19)26(36)32-17-7-5-15(6-8-17)25(29)30/h5-12,14,21,23,25,31H,29-30H2,1-4H3,(H,32,36)(H,37,38). The molecule has 0 bridgehead atoms. The molecule has 0 spiro atoms. The normalized spacial score (nSPS) is 16.0. The van der Waals surface area contributed by atoms with Gasteiger partial charge in [-0.25, -0.2) is 14.6 Å². The number of hydrogen-bond acceptors (Lipinski definition) is 9. The highest BCUT2D eigenvalue weighted by molar-refractivity contribution is 6.05. The van der Waals surface area contributed by atoms with Crippen molar-refractivity contribution in [1.29, 1.82) is 0 Å². The average molecular weight is 534 g/mol.